The van der Waals surface area contributed by atoms with E-state index in [2.05, 4.69) is 15.0 Å². The molecule has 0 N–H and O–H groups in total. The van der Waals surface area contributed by atoms with E-state index in [1.54, 1.807) is 17.0 Å². The van der Waals surface area contributed by atoms with Crippen LogP contribution in [0.2, 0.25) is 0 Å². The van der Waals surface area contributed by atoms with Crippen molar-refractivity contribution in [2.24, 2.45) is 7.05 Å². The average Bonchev–Trinajstić information content (AvgIpc) is 3.15. The van der Waals surface area contributed by atoms with Crippen molar-refractivity contribution in [2.45, 2.75) is 32.6 Å². The van der Waals surface area contributed by atoms with E-state index in [0.29, 0.717) is 18.2 Å². The van der Waals surface area contributed by atoms with Crippen LogP contribution >= 0.6 is 0 Å². The predicted octanol–water partition coefficient (Wildman–Crippen LogP) is 3.64. The SMILES string of the molecule is Cc1cc(Oc2ccccc2C)nc(C2CCCN(C(=O)c3nccn3C)C2)n1. The minimum atomic E-state index is -0.0498. The first-order valence-electron chi connectivity index (χ1n) is 9.87. The maximum Gasteiger partial charge on any atom is 0.289 e. The topological polar surface area (TPSA) is 73.1 Å². The number of hydrogen-bond donors (Lipinski definition) is 0. The number of ether oxygens (including phenoxy) is 1. The number of benzene rings is 1. The molecule has 1 fully saturated rings. The molecule has 0 aliphatic carbocycles. The molecule has 1 aromatic carbocycles. The summed E-state index contributed by atoms with van der Waals surface area (Å²) in [6, 6.07) is 9.70. The van der Waals surface area contributed by atoms with Crippen LogP contribution in [0, 0.1) is 13.8 Å². The number of amides is 1. The van der Waals surface area contributed by atoms with E-state index < -0.39 is 0 Å². The van der Waals surface area contributed by atoms with Crippen molar-refractivity contribution in [3.63, 3.8) is 0 Å². The molecule has 2 aromatic heterocycles. The molecule has 7 nitrogen and oxygen atoms in total. The van der Waals surface area contributed by atoms with Gasteiger partial charge in [-0.2, -0.15) is 4.98 Å². The maximum absolute atomic E-state index is 12.8. The van der Waals surface area contributed by atoms with Crippen molar-refractivity contribution in [3.05, 3.63) is 65.6 Å². The summed E-state index contributed by atoms with van der Waals surface area (Å²) < 4.78 is 7.78. The standard InChI is InChI=1S/C22H25N5O2/c1-15-7-4-5-9-18(15)29-19-13-16(2)24-20(25-19)17-8-6-11-27(14-17)22(28)21-23-10-12-26(21)3/h4-5,7,9-10,12-13,17H,6,8,11,14H2,1-3H3. The summed E-state index contributed by atoms with van der Waals surface area (Å²) in [5.41, 5.74) is 1.90. The highest BCUT2D eigenvalue weighted by Gasteiger charge is 2.29. The third-order valence-electron chi connectivity index (χ3n) is 5.24. The number of likely N-dealkylation sites (tertiary alicyclic amines) is 1. The van der Waals surface area contributed by atoms with E-state index in [-0.39, 0.29) is 11.8 Å². The zero-order valence-corrected chi connectivity index (χ0v) is 17.0. The molecule has 1 amide bonds. The van der Waals surface area contributed by atoms with Gasteiger partial charge in [-0.3, -0.25) is 4.79 Å². The van der Waals surface area contributed by atoms with Gasteiger partial charge in [0.1, 0.15) is 11.6 Å². The van der Waals surface area contributed by atoms with Crippen molar-refractivity contribution in [1.82, 2.24) is 24.4 Å². The van der Waals surface area contributed by atoms with E-state index in [1.807, 2.05) is 56.1 Å². The summed E-state index contributed by atoms with van der Waals surface area (Å²) in [5, 5.41) is 0. The molecule has 1 aliphatic rings. The lowest BCUT2D eigenvalue weighted by molar-refractivity contribution is 0.0688. The van der Waals surface area contributed by atoms with Gasteiger partial charge in [-0.25, -0.2) is 9.97 Å². The lowest BCUT2D eigenvalue weighted by atomic mass is 9.97. The number of imidazole rings is 1. The maximum atomic E-state index is 12.8. The number of carbonyl (C=O) groups excluding carboxylic acids is 1. The highest BCUT2D eigenvalue weighted by Crippen LogP contribution is 2.29. The van der Waals surface area contributed by atoms with Crippen LogP contribution in [0.4, 0.5) is 0 Å². The van der Waals surface area contributed by atoms with Crippen LogP contribution in [0.1, 0.15) is 46.5 Å². The van der Waals surface area contributed by atoms with Crippen LogP contribution in [0.25, 0.3) is 0 Å². The summed E-state index contributed by atoms with van der Waals surface area (Å²) in [6.07, 6.45) is 5.28. The molecule has 1 unspecified atom stereocenters. The Bertz CT molecular complexity index is 1030. The van der Waals surface area contributed by atoms with Gasteiger partial charge in [-0.1, -0.05) is 18.2 Å². The van der Waals surface area contributed by atoms with Crippen molar-refractivity contribution < 1.29 is 9.53 Å². The largest absolute Gasteiger partial charge is 0.439 e. The van der Waals surface area contributed by atoms with Crippen molar-refractivity contribution in [1.29, 1.82) is 0 Å². The molecule has 3 aromatic rings. The zero-order valence-electron chi connectivity index (χ0n) is 17.0. The highest BCUT2D eigenvalue weighted by atomic mass is 16.5. The Morgan fingerprint density at radius 2 is 2.03 bits per heavy atom. The minimum absolute atomic E-state index is 0.0498. The van der Waals surface area contributed by atoms with Gasteiger partial charge in [-0.15, -0.1) is 0 Å². The average molecular weight is 391 g/mol. The monoisotopic (exact) mass is 391 g/mol. The van der Waals surface area contributed by atoms with Gasteiger partial charge in [0.05, 0.1) is 0 Å². The number of aryl methyl sites for hydroxylation is 3. The summed E-state index contributed by atoms with van der Waals surface area (Å²) in [6.45, 7) is 5.25. The Labute approximate surface area is 170 Å². The first-order chi connectivity index (χ1) is 14.0. The number of para-hydroxylation sites is 1. The normalized spacial score (nSPS) is 16.7. The summed E-state index contributed by atoms with van der Waals surface area (Å²) >= 11 is 0. The van der Waals surface area contributed by atoms with Gasteiger partial charge in [0.25, 0.3) is 5.91 Å². The van der Waals surface area contributed by atoms with Crippen LogP contribution in [0.5, 0.6) is 11.6 Å². The molecular formula is C22H25N5O2. The predicted molar refractivity (Wildman–Crippen MR) is 109 cm³/mol. The number of rotatable bonds is 4. The Morgan fingerprint density at radius 1 is 1.21 bits per heavy atom. The van der Waals surface area contributed by atoms with Gasteiger partial charge in [-0.05, 0) is 38.3 Å². The lowest BCUT2D eigenvalue weighted by Crippen LogP contribution is -2.40. The van der Waals surface area contributed by atoms with Gasteiger partial charge in [0.15, 0.2) is 5.82 Å². The van der Waals surface area contributed by atoms with E-state index in [1.165, 1.54) is 0 Å². The summed E-state index contributed by atoms with van der Waals surface area (Å²) in [4.78, 5) is 28.2. The molecule has 0 saturated carbocycles. The third kappa shape index (κ3) is 4.13. The van der Waals surface area contributed by atoms with Crippen LogP contribution in [-0.4, -0.2) is 43.4 Å². The Morgan fingerprint density at radius 3 is 2.79 bits per heavy atom. The number of aromatic nitrogens is 4. The Balaban J connectivity index is 1.54. The van der Waals surface area contributed by atoms with Gasteiger partial charge in [0, 0.05) is 50.2 Å². The fourth-order valence-corrected chi connectivity index (χ4v) is 3.67. The lowest BCUT2D eigenvalue weighted by Gasteiger charge is -2.31. The molecule has 4 rings (SSSR count). The first-order valence-corrected chi connectivity index (χ1v) is 9.87. The van der Waals surface area contributed by atoms with Crippen LogP contribution < -0.4 is 4.74 Å². The van der Waals surface area contributed by atoms with Crippen LogP contribution in [0.15, 0.2) is 42.7 Å². The molecule has 29 heavy (non-hydrogen) atoms. The molecule has 1 saturated heterocycles. The van der Waals surface area contributed by atoms with E-state index in [4.69, 9.17) is 4.74 Å². The van der Waals surface area contributed by atoms with Gasteiger partial charge < -0.3 is 14.2 Å². The summed E-state index contributed by atoms with van der Waals surface area (Å²) in [7, 11) is 1.83. The van der Waals surface area contributed by atoms with Gasteiger partial charge >= 0.3 is 0 Å². The fraction of sp³-hybridized carbons (Fsp3) is 0.364. The first kappa shape index (κ1) is 19.1. The summed E-state index contributed by atoms with van der Waals surface area (Å²) in [5.74, 6) is 2.53. The number of hydrogen-bond acceptors (Lipinski definition) is 5. The third-order valence-corrected chi connectivity index (χ3v) is 5.24. The van der Waals surface area contributed by atoms with Crippen molar-refractivity contribution >= 4 is 5.91 Å². The fourth-order valence-electron chi connectivity index (χ4n) is 3.67. The smallest absolute Gasteiger partial charge is 0.289 e. The number of carbonyl (C=O) groups is 1. The van der Waals surface area contributed by atoms with Crippen LogP contribution in [-0.2, 0) is 7.05 Å². The second-order valence-electron chi connectivity index (χ2n) is 7.53. The second-order valence-corrected chi connectivity index (χ2v) is 7.53. The van der Waals surface area contributed by atoms with Gasteiger partial charge in [0.2, 0.25) is 5.88 Å². The molecule has 1 atom stereocenters. The zero-order chi connectivity index (χ0) is 20.4. The second kappa shape index (κ2) is 8.03. The molecule has 1 aliphatic heterocycles. The molecule has 3 heterocycles. The molecule has 150 valence electrons. The number of piperidine rings is 1. The van der Waals surface area contributed by atoms with Crippen molar-refractivity contribution in [2.75, 3.05) is 13.1 Å². The van der Waals surface area contributed by atoms with E-state index in [9.17, 15) is 4.79 Å². The molecule has 0 spiro atoms. The van der Waals surface area contributed by atoms with Crippen molar-refractivity contribution in [3.8, 4) is 11.6 Å². The Kier molecular flexibility index (Phi) is 5.29. The Hall–Kier alpha value is -3.22. The highest BCUT2D eigenvalue weighted by molar-refractivity contribution is 5.90. The minimum Gasteiger partial charge on any atom is -0.439 e. The van der Waals surface area contributed by atoms with Crippen LogP contribution in [0.3, 0.4) is 0 Å². The molecule has 0 radical (unpaired) electrons. The molecule has 7 heteroatoms. The quantitative estimate of drug-likeness (QED) is 0.679. The van der Waals surface area contributed by atoms with E-state index >= 15 is 0 Å². The molecular weight excluding hydrogens is 366 g/mol. The molecule has 0 bridgehead atoms. The number of nitrogens with zero attached hydrogens (tertiary/aromatic N) is 5. The van der Waals surface area contributed by atoms with E-state index in [0.717, 1.165) is 42.2 Å².